The molecule has 40 heavy (non-hydrogen) atoms. The molecule has 2 aromatic heterocycles. The molecule has 0 atom stereocenters. The molecule has 0 aliphatic heterocycles. The molecule has 2 heterocycles. The van der Waals surface area contributed by atoms with E-state index in [1.807, 2.05) is 43.3 Å². The summed E-state index contributed by atoms with van der Waals surface area (Å²) in [5.74, 6) is 1.61. The number of nitrogens with zero attached hydrogens (tertiary/aromatic N) is 5. The first-order valence-electron chi connectivity index (χ1n) is 13.1. The number of tetrazole rings is 1. The summed E-state index contributed by atoms with van der Waals surface area (Å²) in [6, 6.07) is 20.3. The van der Waals surface area contributed by atoms with Crippen LogP contribution in [0, 0.1) is 6.92 Å². The molecule has 0 saturated carbocycles. The fourth-order valence-electron chi connectivity index (χ4n) is 5.05. The van der Waals surface area contributed by atoms with Gasteiger partial charge < -0.3 is 14.6 Å². The standard InChI is InChI=1S/C30H27N7O3/c1-4-24-32-25-17(3)14-20(31-26-27(38)28(39)29(26)40-5-2)15-23(25)37(24)16-18-10-12-19(13-11-18)21-8-6-7-9-22(21)30-33-35-36-34-30/h6-15,31H,4-5,16H2,1-3H3,(H,33,34,35,36). The van der Waals surface area contributed by atoms with E-state index in [4.69, 9.17) is 9.72 Å². The maximum Gasteiger partial charge on any atom is 0.272 e. The van der Waals surface area contributed by atoms with Crippen molar-refractivity contribution in [3.8, 4) is 28.3 Å². The smallest absolute Gasteiger partial charge is 0.272 e. The number of hydrogen-bond donors (Lipinski definition) is 2. The molecule has 0 saturated heterocycles. The Balaban J connectivity index is 1.33. The highest BCUT2D eigenvalue weighted by Crippen LogP contribution is 2.32. The zero-order valence-corrected chi connectivity index (χ0v) is 22.4. The van der Waals surface area contributed by atoms with E-state index in [1.54, 1.807) is 6.92 Å². The summed E-state index contributed by atoms with van der Waals surface area (Å²) < 4.78 is 7.57. The number of aromatic amines is 1. The highest BCUT2D eigenvalue weighted by molar-refractivity contribution is 5.86. The topological polar surface area (TPSA) is 128 Å². The van der Waals surface area contributed by atoms with Gasteiger partial charge in [-0.15, -0.1) is 10.2 Å². The molecule has 6 rings (SSSR count). The second kappa shape index (κ2) is 10.2. The number of H-pyrrole nitrogens is 1. The molecular weight excluding hydrogens is 506 g/mol. The molecule has 6 aromatic rings. The van der Waals surface area contributed by atoms with E-state index in [9.17, 15) is 9.59 Å². The van der Waals surface area contributed by atoms with Crippen molar-refractivity contribution < 1.29 is 4.74 Å². The number of aryl methyl sites for hydroxylation is 2. The molecule has 0 bridgehead atoms. The van der Waals surface area contributed by atoms with Crippen molar-refractivity contribution in [2.24, 2.45) is 0 Å². The lowest BCUT2D eigenvalue weighted by Gasteiger charge is -2.15. The Morgan fingerprint density at radius 2 is 1.75 bits per heavy atom. The van der Waals surface area contributed by atoms with Crippen LogP contribution >= 0.6 is 0 Å². The Kier molecular flexibility index (Phi) is 6.43. The Bertz CT molecular complexity index is 1900. The number of hydrogen-bond acceptors (Lipinski definition) is 8. The predicted octanol–water partition coefficient (Wildman–Crippen LogP) is 4.54. The van der Waals surface area contributed by atoms with Crippen LogP contribution in [0.5, 0.6) is 5.75 Å². The summed E-state index contributed by atoms with van der Waals surface area (Å²) in [4.78, 5) is 29.0. The van der Waals surface area contributed by atoms with Crippen LogP contribution in [0.2, 0.25) is 0 Å². The second-order valence-corrected chi connectivity index (χ2v) is 9.53. The first kappa shape index (κ1) is 25.2. The van der Waals surface area contributed by atoms with Crippen LogP contribution in [-0.2, 0) is 13.0 Å². The predicted molar refractivity (Wildman–Crippen MR) is 154 cm³/mol. The van der Waals surface area contributed by atoms with Crippen LogP contribution in [0.4, 0.5) is 11.4 Å². The average molecular weight is 534 g/mol. The lowest BCUT2D eigenvalue weighted by molar-refractivity contribution is 0.335. The van der Waals surface area contributed by atoms with Crippen molar-refractivity contribution in [3.05, 3.63) is 98.1 Å². The Hall–Kier alpha value is -5.12. The first-order valence-corrected chi connectivity index (χ1v) is 13.1. The molecular formula is C30H27N7O3. The van der Waals surface area contributed by atoms with E-state index in [0.29, 0.717) is 24.7 Å². The van der Waals surface area contributed by atoms with Gasteiger partial charge in [0.2, 0.25) is 5.82 Å². The van der Waals surface area contributed by atoms with E-state index >= 15 is 0 Å². The SMILES string of the molecule is CCOc1c(Nc2cc(C)c3nc(CC)n(Cc4ccc(-c5ccccc5-c5nn[nH]n5)cc4)c3c2)c(=O)c1=O. The molecule has 0 radical (unpaired) electrons. The number of imidazole rings is 1. The van der Waals surface area contributed by atoms with Crippen LogP contribution in [0.25, 0.3) is 33.5 Å². The van der Waals surface area contributed by atoms with Gasteiger partial charge in [0, 0.05) is 24.2 Å². The molecule has 0 aliphatic carbocycles. The van der Waals surface area contributed by atoms with Crippen LogP contribution < -0.4 is 20.9 Å². The summed E-state index contributed by atoms with van der Waals surface area (Å²) in [5.41, 5.74) is 6.66. The molecule has 0 aliphatic rings. The first-order chi connectivity index (χ1) is 19.5. The van der Waals surface area contributed by atoms with Gasteiger partial charge in [-0.25, -0.2) is 4.98 Å². The summed E-state index contributed by atoms with van der Waals surface area (Å²) in [6.07, 6.45) is 0.764. The molecule has 0 unspecified atom stereocenters. The van der Waals surface area contributed by atoms with Gasteiger partial charge in [0.25, 0.3) is 10.9 Å². The summed E-state index contributed by atoms with van der Waals surface area (Å²) in [6.45, 7) is 6.79. The van der Waals surface area contributed by atoms with Gasteiger partial charge in [0.15, 0.2) is 5.75 Å². The lowest BCUT2D eigenvalue weighted by Crippen LogP contribution is -2.35. The number of benzene rings is 3. The van der Waals surface area contributed by atoms with E-state index in [1.165, 1.54) is 0 Å². The number of nitrogens with one attached hydrogen (secondary N) is 2. The Morgan fingerprint density at radius 3 is 2.45 bits per heavy atom. The molecule has 200 valence electrons. The third kappa shape index (κ3) is 4.33. The molecule has 0 amide bonds. The number of anilines is 2. The number of ether oxygens (including phenoxy) is 1. The van der Waals surface area contributed by atoms with Crippen LogP contribution in [0.15, 0.2) is 70.3 Å². The zero-order chi connectivity index (χ0) is 27.8. The quantitative estimate of drug-likeness (QED) is 0.259. The average Bonchev–Trinajstić information content (AvgIpc) is 3.64. The zero-order valence-electron chi connectivity index (χ0n) is 22.4. The Morgan fingerprint density at radius 1 is 0.975 bits per heavy atom. The molecule has 10 heteroatoms. The van der Waals surface area contributed by atoms with Gasteiger partial charge in [0.1, 0.15) is 11.5 Å². The van der Waals surface area contributed by atoms with Gasteiger partial charge in [-0.05, 0) is 53.4 Å². The van der Waals surface area contributed by atoms with Crippen molar-refractivity contribution in [2.75, 3.05) is 11.9 Å². The summed E-state index contributed by atoms with van der Waals surface area (Å²) in [7, 11) is 0. The van der Waals surface area contributed by atoms with Crippen molar-refractivity contribution in [3.63, 3.8) is 0 Å². The number of rotatable bonds is 9. The molecule has 0 spiro atoms. The van der Waals surface area contributed by atoms with Crippen LogP contribution in [0.3, 0.4) is 0 Å². The minimum atomic E-state index is -0.594. The van der Waals surface area contributed by atoms with Crippen LogP contribution in [-0.4, -0.2) is 36.8 Å². The van der Waals surface area contributed by atoms with Gasteiger partial charge in [-0.3, -0.25) is 9.59 Å². The minimum Gasteiger partial charge on any atom is -0.488 e. The molecule has 0 fully saturated rings. The van der Waals surface area contributed by atoms with Gasteiger partial charge in [-0.1, -0.05) is 55.5 Å². The fourth-order valence-corrected chi connectivity index (χ4v) is 5.05. The fraction of sp³-hybridized carbons (Fsp3) is 0.200. The summed E-state index contributed by atoms with van der Waals surface area (Å²) >= 11 is 0. The van der Waals surface area contributed by atoms with E-state index < -0.39 is 10.9 Å². The third-order valence-corrected chi connectivity index (χ3v) is 6.98. The number of fused-ring (bicyclic) bond motifs is 1. The summed E-state index contributed by atoms with van der Waals surface area (Å²) in [5, 5.41) is 17.6. The normalized spacial score (nSPS) is 11.4. The van der Waals surface area contributed by atoms with Crippen LogP contribution in [0.1, 0.15) is 30.8 Å². The van der Waals surface area contributed by atoms with Crippen molar-refractivity contribution >= 4 is 22.4 Å². The highest BCUT2D eigenvalue weighted by atomic mass is 16.5. The number of aromatic nitrogens is 6. The van der Waals surface area contributed by atoms with Crippen molar-refractivity contribution in [1.82, 2.24) is 30.2 Å². The monoisotopic (exact) mass is 533 g/mol. The van der Waals surface area contributed by atoms with E-state index in [-0.39, 0.29) is 11.4 Å². The van der Waals surface area contributed by atoms with Crippen molar-refractivity contribution in [1.29, 1.82) is 0 Å². The molecule has 4 aromatic carbocycles. The van der Waals surface area contributed by atoms with Gasteiger partial charge >= 0.3 is 0 Å². The minimum absolute atomic E-state index is 0.0917. The lowest BCUT2D eigenvalue weighted by atomic mass is 9.98. The molecule has 2 N–H and O–H groups in total. The largest absolute Gasteiger partial charge is 0.488 e. The van der Waals surface area contributed by atoms with Gasteiger partial charge in [0.05, 0.1) is 17.6 Å². The maximum atomic E-state index is 12.2. The van der Waals surface area contributed by atoms with E-state index in [0.717, 1.165) is 51.1 Å². The van der Waals surface area contributed by atoms with E-state index in [2.05, 4.69) is 61.7 Å². The maximum absolute atomic E-state index is 12.2. The second-order valence-electron chi connectivity index (χ2n) is 9.53. The van der Waals surface area contributed by atoms with Gasteiger partial charge in [-0.2, -0.15) is 5.21 Å². The third-order valence-electron chi connectivity index (χ3n) is 6.98. The highest BCUT2D eigenvalue weighted by Gasteiger charge is 2.23. The Labute approximate surface area is 229 Å². The molecule has 10 nitrogen and oxygen atoms in total. The van der Waals surface area contributed by atoms with Crippen molar-refractivity contribution in [2.45, 2.75) is 33.7 Å².